The number of hydrogen-bond donors (Lipinski definition) is 0. The summed E-state index contributed by atoms with van der Waals surface area (Å²) in [6.07, 6.45) is -4.52. The first kappa shape index (κ1) is 85.7. The van der Waals surface area contributed by atoms with Crippen LogP contribution in [0.25, 0.3) is 21.5 Å². The number of rotatable bonds is 22. The molecule has 17 rings (SSSR count). The third-order valence-corrected chi connectivity index (χ3v) is 20.3. The molecule has 0 radical (unpaired) electrons. The number of imide groups is 5. The highest BCUT2D eigenvalue weighted by Crippen LogP contribution is 2.37. The van der Waals surface area contributed by atoms with Crippen molar-refractivity contribution in [2.75, 3.05) is 14.2 Å². The fourth-order valence-corrected chi connectivity index (χ4v) is 14.5. The molecular weight excluding hydrogens is 1700 g/mol. The summed E-state index contributed by atoms with van der Waals surface area (Å²) in [5.74, 6) is -4.87. The van der Waals surface area contributed by atoms with Crippen LogP contribution >= 0.6 is 0 Å². The van der Waals surface area contributed by atoms with Gasteiger partial charge < -0.3 is 30.4 Å². The van der Waals surface area contributed by atoms with Crippen LogP contribution in [0.15, 0.2) is 273 Å². The van der Waals surface area contributed by atoms with Gasteiger partial charge in [0.25, 0.3) is 59.1 Å². The van der Waals surface area contributed by atoms with Gasteiger partial charge in [-0.05, 0) is 152 Å². The molecule has 0 N–H and O–H groups in total. The standard InChI is InChI=1S/C19H13NO6S.C18H11NO5S.C15H8F3NO5S.C15H11NO6S.C15H11NO5S/c1-24-16-10-11-17(13-7-3-2-6-12(13)16)25-27(23)26-20-18(21)14-8-4-5-9-15(14)19(20)22;20-17-14-9-3-4-10-15(14)18(21)19(17)24-25(22)23-16-11-5-7-12-6-1-2-8-13(12)16;16-15(17,18)9-5-7-10(8-6-9)23-25(22)24-19-13(20)11-3-1-2-4-12(11)14(19)21;1-20-10-6-8-11(9-7-10)21-23(19)22-16-14(17)12-4-2-3-5-13(12)15(16)18;1-10-6-8-11(9-7-10)20-22(19)21-16-14(17)12-4-2-3-5-13(12)15(16)18/h2-11H,1H3;1-11H;1-8H;2-9H,1H3;2-9H,1H3. The third-order valence-electron chi connectivity index (χ3n) is 17.3. The molecule has 122 heavy (non-hydrogen) atoms. The van der Waals surface area contributed by atoms with Crippen LogP contribution in [0.1, 0.15) is 115 Å². The molecule has 620 valence electrons. The fraction of sp³-hybridized carbons (Fsp3) is 0.0488. The zero-order valence-electron chi connectivity index (χ0n) is 62.4. The molecule has 12 aromatic carbocycles. The van der Waals surface area contributed by atoms with E-state index >= 15 is 0 Å². The first-order valence-corrected chi connectivity index (χ1v) is 39.9. The summed E-state index contributed by atoms with van der Waals surface area (Å²) >= 11 is -12.1. The lowest BCUT2D eigenvalue weighted by atomic mass is 10.1. The molecule has 5 aliphatic heterocycles. The summed E-state index contributed by atoms with van der Waals surface area (Å²) in [4.78, 5) is 121. The number of hydroxylamine groups is 10. The average molecular weight is 1760 g/mol. The quantitative estimate of drug-likeness (QED) is 0.0569. The molecule has 5 atom stereocenters. The highest BCUT2D eigenvalue weighted by atomic mass is 32.2. The molecule has 32 nitrogen and oxygen atoms in total. The number of fused-ring (bicyclic) bond motifs is 7. The topological polar surface area (TPSA) is 383 Å². The van der Waals surface area contributed by atoms with E-state index in [1.165, 1.54) is 79.9 Å². The Morgan fingerprint density at radius 1 is 0.246 bits per heavy atom. The zero-order chi connectivity index (χ0) is 86.6. The average Bonchev–Trinajstić information content (AvgIpc) is 1.63. The maximum atomic E-state index is 12.5. The van der Waals surface area contributed by atoms with E-state index in [1.807, 2.05) is 49.4 Å². The number of benzene rings is 12. The van der Waals surface area contributed by atoms with Crippen LogP contribution in [0.4, 0.5) is 13.2 Å². The number of carbonyl (C=O) groups is 10. The number of alkyl halides is 3. The van der Waals surface area contributed by atoms with Crippen molar-refractivity contribution < 1.29 is 134 Å². The number of ether oxygens (including phenoxy) is 2. The van der Waals surface area contributed by atoms with Crippen molar-refractivity contribution in [3.8, 4) is 40.2 Å². The SMILES string of the molecule is COc1ccc(OS(=O)ON2C(=O)c3ccccc3C2=O)c2ccccc12.COc1ccc(OS(=O)ON2C(=O)c3ccccc3C2=O)cc1.Cc1ccc(OS(=O)ON2C(=O)c3ccccc3C2=O)cc1.O=C1c2ccccc2C(=O)N1OS(=O)Oc1ccc(C(F)(F)F)cc1.O=C1c2ccccc2C(=O)N1OS(=O)Oc1cccc2ccccc12. The van der Waals surface area contributed by atoms with Gasteiger partial charge in [0.1, 0.15) is 28.7 Å². The number of methoxy groups -OCH3 is 2. The van der Waals surface area contributed by atoms with Crippen molar-refractivity contribution in [1.82, 2.24) is 25.3 Å². The third kappa shape index (κ3) is 19.2. The molecule has 0 saturated heterocycles. The fourth-order valence-electron chi connectivity index (χ4n) is 11.6. The molecule has 40 heteroatoms. The van der Waals surface area contributed by atoms with Gasteiger partial charge in [0.15, 0.2) is 11.5 Å². The summed E-state index contributed by atoms with van der Waals surface area (Å²) in [5, 5.41) is 5.14. The number of carbonyl (C=O) groups excluding carboxylic acids is 10. The zero-order valence-corrected chi connectivity index (χ0v) is 66.5. The normalized spacial score (nSPS) is 14.7. The molecule has 5 aliphatic rings. The van der Waals surface area contributed by atoms with E-state index in [1.54, 1.807) is 141 Å². The van der Waals surface area contributed by atoms with Crippen molar-refractivity contribution >= 4 is 137 Å². The Bertz CT molecular complexity index is 6130. The van der Waals surface area contributed by atoms with Gasteiger partial charge in [-0.3, -0.25) is 47.9 Å². The molecule has 12 aromatic rings. The molecule has 5 unspecified atom stereocenters. The van der Waals surface area contributed by atoms with Crippen LogP contribution in [0.3, 0.4) is 0 Å². The Kier molecular flexibility index (Phi) is 26.6. The first-order chi connectivity index (χ1) is 58.7. The summed E-state index contributed by atoms with van der Waals surface area (Å²) in [6, 6.07) is 70.4. The first-order valence-electron chi connectivity index (χ1n) is 34.9. The van der Waals surface area contributed by atoms with E-state index in [0.29, 0.717) is 48.6 Å². The van der Waals surface area contributed by atoms with E-state index in [0.717, 1.165) is 46.0 Å². The molecule has 5 heterocycles. The van der Waals surface area contributed by atoms with Crippen molar-refractivity contribution in [2.24, 2.45) is 0 Å². The second kappa shape index (κ2) is 37.8. The van der Waals surface area contributed by atoms with Gasteiger partial charge in [-0.2, -0.15) is 34.2 Å². The largest absolute Gasteiger partial charge is 0.497 e. The Labute approximate surface area is 699 Å². The predicted octanol–water partition coefficient (Wildman–Crippen LogP) is 13.0. The molecule has 0 fully saturated rings. The van der Waals surface area contributed by atoms with Gasteiger partial charge in [0.05, 0.1) is 75.4 Å². The molecule has 0 spiro atoms. The van der Waals surface area contributed by atoms with Gasteiger partial charge in [0, 0.05) is 16.2 Å². The monoisotopic (exact) mass is 1760 g/mol. The maximum Gasteiger partial charge on any atom is 0.416 e. The molecule has 0 aliphatic carbocycles. The summed E-state index contributed by atoms with van der Waals surface area (Å²) in [5.41, 5.74) is 1.86. The van der Waals surface area contributed by atoms with Crippen molar-refractivity contribution in [2.45, 2.75) is 13.1 Å². The summed E-state index contributed by atoms with van der Waals surface area (Å²) < 4.78 is 157. The van der Waals surface area contributed by atoms with Gasteiger partial charge in [-0.25, -0.2) is 0 Å². The Balaban J connectivity index is 0.000000132. The van der Waals surface area contributed by atoms with Crippen LogP contribution in [0.2, 0.25) is 0 Å². The summed E-state index contributed by atoms with van der Waals surface area (Å²) in [6.45, 7) is 1.90. The Morgan fingerprint density at radius 2 is 0.484 bits per heavy atom. The van der Waals surface area contributed by atoms with Gasteiger partial charge >= 0.3 is 63.0 Å². The lowest BCUT2D eigenvalue weighted by Crippen LogP contribution is -2.31. The predicted molar refractivity (Wildman–Crippen MR) is 424 cm³/mol. The van der Waals surface area contributed by atoms with Crippen LogP contribution in [0.5, 0.6) is 40.2 Å². The van der Waals surface area contributed by atoms with E-state index in [9.17, 15) is 82.2 Å². The number of halogens is 3. The van der Waals surface area contributed by atoms with Crippen LogP contribution in [-0.2, 0) is 84.4 Å². The van der Waals surface area contributed by atoms with Crippen molar-refractivity contribution in [3.05, 3.63) is 340 Å². The molecule has 0 bridgehead atoms. The van der Waals surface area contributed by atoms with Crippen molar-refractivity contribution in [1.29, 1.82) is 0 Å². The highest BCUT2D eigenvalue weighted by molar-refractivity contribution is 7.76. The number of hydrogen-bond acceptors (Lipinski definition) is 27. The Hall–Kier alpha value is -14.2. The van der Waals surface area contributed by atoms with Gasteiger partial charge in [-0.15, -0.1) is 46.7 Å². The maximum absolute atomic E-state index is 12.5. The van der Waals surface area contributed by atoms with Gasteiger partial charge in [0.2, 0.25) is 0 Å². The van der Waals surface area contributed by atoms with Crippen molar-refractivity contribution in [3.63, 3.8) is 0 Å². The summed E-state index contributed by atoms with van der Waals surface area (Å²) in [7, 11) is 3.06. The molecule has 0 saturated carbocycles. The smallest absolute Gasteiger partial charge is 0.416 e. The van der Waals surface area contributed by atoms with Crippen LogP contribution in [0, 0.1) is 6.92 Å². The lowest BCUT2D eigenvalue weighted by molar-refractivity contribution is -0.137. The van der Waals surface area contributed by atoms with Gasteiger partial charge in [-0.1, -0.05) is 139 Å². The molecule has 0 aromatic heterocycles. The second-order valence-corrected chi connectivity index (χ2v) is 28.5. The second-order valence-electron chi connectivity index (χ2n) is 24.9. The van der Waals surface area contributed by atoms with Crippen LogP contribution in [-0.4, -0.2) is 120 Å². The number of amides is 10. The number of nitrogens with zero attached hydrogens (tertiary/aromatic N) is 5. The minimum Gasteiger partial charge on any atom is -0.497 e. The lowest BCUT2D eigenvalue weighted by Gasteiger charge is -2.13. The minimum atomic E-state index is -4.52. The minimum absolute atomic E-state index is 0.0824. The highest BCUT2D eigenvalue weighted by Gasteiger charge is 2.44. The molecular formula is C82H54F3N5O27S5. The van der Waals surface area contributed by atoms with Crippen LogP contribution < -0.4 is 30.4 Å². The van der Waals surface area contributed by atoms with E-state index < -0.39 is 128 Å². The Morgan fingerprint density at radius 3 is 0.787 bits per heavy atom. The number of aryl methyl sites for hydroxylation is 1. The van der Waals surface area contributed by atoms with E-state index in [-0.39, 0.29) is 77.9 Å². The van der Waals surface area contributed by atoms with E-state index in [2.05, 4.69) is 4.28 Å². The van der Waals surface area contributed by atoms with E-state index in [4.69, 9.17) is 47.5 Å². The molecule has 10 amide bonds.